The van der Waals surface area contributed by atoms with Gasteiger partial charge in [-0.3, -0.25) is 4.79 Å². The van der Waals surface area contributed by atoms with Crippen molar-refractivity contribution in [3.63, 3.8) is 0 Å². The fourth-order valence-corrected chi connectivity index (χ4v) is 0.959. The SMILES string of the molecule is Cc1[c][nH]c(=O)c(C)c1Br. The van der Waals surface area contributed by atoms with Crippen LogP contribution in [-0.4, -0.2) is 4.98 Å². The highest BCUT2D eigenvalue weighted by molar-refractivity contribution is 9.10. The van der Waals surface area contributed by atoms with Gasteiger partial charge in [0.2, 0.25) is 0 Å². The van der Waals surface area contributed by atoms with Crippen molar-refractivity contribution in [2.75, 3.05) is 0 Å². The Morgan fingerprint density at radius 2 is 2.10 bits per heavy atom. The van der Waals surface area contributed by atoms with Crippen LogP contribution in [0.25, 0.3) is 0 Å². The van der Waals surface area contributed by atoms with E-state index in [4.69, 9.17) is 0 Å². The molecule has 0 spiro atoms. The average Bonchev–Trinajstić information content (AvgIpc) is 1.93. The maximum Gasteiger partial charge on any atom is 0.252 e. The first-order chi connectivity index (χ1) is 4.63. The molecule has 1 N–H and O–H groups in total. The van der Waals surface area contributed by atoms with E-state index in [-0.39, 0.29) is 5.56 Å². The molecule has 0 amide bonds. The molecule has 0 aliphatic carbocycles. The molecule has 0 bridgehead atoms. The van der Waals surface area contributed by atoms with Crippen LogP contribution in [-0.2, 0) is 0 Å². The van der Waals surface area contributed by atoms with Crippen LogP contribution in [0.5, 0.6) is 0 Å². The van der Waals surface area contributed by atoms with Gasteiger partial charge in [0.25, 0.3) is 5.56 Å². The zero-order valence-electron chi connectivity index (χ0n) is 5.79. The maximum absolute atomic E-state index is 10.9. The summed E-state index contributed by atoms with van der Waals surface area (Å²) in [7, 11) is 0. The van der Waals surface area contributed by atoms with Gasteiger partial charge >= 0.3 is 0 Å². The Hall–Kier alpha value is -0.570. The first-order valence-electron chi connectivity index (χ1n) is 2.89. The van der Waals surface area contributed by atoms with Gasteiger partial charge in [0.05, 0.1) is 6.20 Å². The van der Waals surface area contributed by atoms with Gasteiger partial charge in [0, 0.05) is 10.0 Å². The molecule has 1 aromatic heterocycles. The summed E-state index contributed by atoms with van der Waals surface area (Å²) < 4.78 is 0.844. The Morgan fingerprint density at radius 3 is 2.60 bits per heavy atom. The molecular formula is C7H7BrNO. The third kappa shape index (κ3) is 1.14. The largest absolute Gasteiger partial charge is 0.320 e. The standard InChI is InChI=1S/C7H7BrNO/c1-4-3-9-7(10)5(2)6(4)8/h1-2H3,(H,9,10). The Bertz CT molecular complexity index is 303. The van der Waals surface area contributed by atoms with Crippen LogP contribution in [0.1, 0.15) is 11.1 Å². The molecule has 0 unspecified atom stereocenters. The third-order valence-electron chi connectivity index (χ3n) is 1.36. The van der Waals surface area contributed by atoms with E-state index >= 15 is 0 Å². The van der Waals surface area contributed by atoms with E-state index in [1.807, 2.05) is 6.92 Å². The van der Waals surface area contributed by atoms with Crippen molar-refractivity contribution < 1.29 is 0 Å². The Labute approximate surface area is 67.4 Å². The van der Waals surface area contributed by atoms with Crippen molar-refractivity contribution in [1.29, 1.82) is 0 Å². The van der Waals surface area contributed by atoms with E-state index in [0.717, 1.165) is 10.0 Å². The number of hydrogen-bond acceptors (Lipinski definition) is 1. The summed E-state index contributed by atoms with van der Waals surface area (Å²) in [4.78, 5) is 13.4. The summed E-state index contributed by atoms with van der Waals surface area (Å²) >= 11 is 3.28. The van der Waals surface area contributed by atoms with Crippen LogP contribution >= 0.6 is 15.9 Å². The minimum absolute atomic E-state index is 0.0857. The van der Waals surface area contributed by atoms with Crippen molar-refractivity contribution in [2.24, 2.45) is 0 Å². The summed E-state index contributed by atoms with van der Waals surface area (Å²) in [5, 5.41) is 0. The molecule has 0 saturated carbocycles. The quantitative estimate of drug-likeness (QED) is 0.678. The number of hydrogen-bond donors (Lipinski definition) is 1. The highest BCUT2D eigenvalue weighted by Crippen LogP contribution is 2.14. The van der Waals surface area contributed by atoms with Crippen LogP contribution in [0, 0.1) is 20.0 Å². The number of pyridine rings is 1. The zero-order valence-corrected chi connectivity index (χ0v) is 7.37. The lowest BCUT2D eigenvalue weighted by Gasteiger charge is -1.97. The van der Waals surface area contributed by atoms with Crippen LogP contribution < -0.4 is 5.56 Å². The van der Waals surface area contributed by atoms with Gasteiger partial charge in [-0.1, -0.05) is 0 Å². The molecule has 0 aromatic carbocycles. The predicted octanol–water partition coefficient (Wildman–Crippen LogP) is 1.55. The van der Waals surface area contributed by atoms with Crippen molar-refractivity contribution in [1.82, 2.24) is 4.98 Å². The van der Waals surface area contributed by atoms with E-state index in [0.29, 0.717) is 5.56 Å². The van der Waals surface area contributed by atoms with Gasteiger partial charge in [0.1, 0.15) is 0 Å². The van der Waals surface area contributed by atoms with Crippen molar-refractivity contribution in [3.05, 3.63) is 32.2 Å². The molecule has 10 heavy (non-hydrogen) atoms. The normalized spacial score (nSPS) is 9.90. The summed E-state index contributed by atoms with van der Waals surface area (Å²) in [5.74, 6) is 0. The molecule has 1 radical (unpaired) electrons. The van der Waals surface area contributed by atoms with Gasteiger partial charge < -0.3 is 4.98 Å². The van der Waals surface area contributed by atoms with Gasteiger partial charge in [0.15, 0.2) is 0 Å². The smallest absolute Gasteiger partial charge is 0.252 e. The van der Waals surface area contributed by atoms with E-state index in [2.05, 4.69) is 27.1 Å². The number of aryl methyl sites for hydroxylation is 1. The van der Waals surface area contributed by atoms with Gasteiger partial charge in [-0.2, -0.15) is 0 Å². The number of aromatic amines is 1. The van der Waals surface area contributed by atoms with Crippen LogP contribution in [0.15, 0.2) is 9.27 Å². The summed E-state index contributed by atoms with van der Waals surface area (Å²) in [6.07, 6.45) is 2.72. The molecular weight excluding hydrogens is 194 g/mol. The van der Waals surface area contributed by atoms with E-state index < -0.39 is 0 Å². The second kappa shape index (κ2) is 2.58. The molecule has 0 atom stereocenters. The third-order valence-corrected chi connectivity index (χ3v) is 2.55. The van der Waals surface area contributed by atoms with Gasteiger partial charge in [-0.05, 0) is 35.3 Å². The molecule has 0 saturated heterocycles. The zero-order chi connectivity index (χ0) is 7.72. The lowest BCUT2D eigenvalue weighted by Crippen LogP contribution is -2.09. The molecule has 0 aliphatic rings. The monoisotopic (exact) mass is 200 g/mol. The first-order valence-corrected chi connectivity index (χ1v) is 3.69. The molecule has 0 fully saturated rings. The second-order valence-electron chi connectivity index (χ2n) is 2.14. The van der Waals surface area contributed by atoms with Crippen LogP contribution in [0.3, 0.4) is 0 Å². The topological polar surface area (TPSA) is 32.9 Å². The number of nitrogens with one attached hydrogen (secondary N) is 1. The molecule has 1 aromatic rings. The van der Waals surface area contributed by atoms with Crippen molar-refractivity contribution in [2.45, 2.75) is 13.8 Å². The van der Waals surface area contributed by atoms with E-state index in [1.54, 1.807) is 6.92 Å². The fraction of sp³-hybridized carbons (Fsp3) is 0.286. The first kappa shape index (κ1) is 7.54. The van der Waals surface area contributed by atoms with Crippen molar-refractivity contribution in [3.8, 4) is 0 Å². The summed E-state index contributed by atoms with van der Waals surface area (Å²) in [6.45, 7) is 3.65. The molecule has 53 valence electrons. The number of H-pyrrole nitrogens is 1. The molecule has 2 nitrogen and oxygen atoms in total. The Kier molecular flexibility index (Phi) is 1.94. The molecule has 3 heteroatoms. The number of halogens is 1. The van der Waals surface area contributed by atoms with Gasteiger partial charge in [-0.25, -0.2) is 0 Å². The highest BCUT2D eigenvalue weighted by atomic mass is 79.9. The van der Waals surface area contributed by atoms with E-state index in [1.165, 1.54) is 0 Å². The lowest BCUT2D eigenvalue weighted by atomic mass is 10.2. The van der Waals surface area contributed by atoms with Gasteiger partial charge in [-0.15, -0.1) is 0 Å². The molecule has 1 rings (SSSR count). The Balaban J connectivity index is 3.49. The summed E-state index contributed by atoms with van der Waals surface area (Å²) in [5.41, 5.74) is 1.55. The lowest BCUT2D eigenvalue weighted by molar-refractivity contribution is 1.12. The average molecular weight is 201 g/mol. The number of aromatic nitrogens is 1. The maximum atomic E-state index is 10.9. The minimum atomic E-state index is -0.0857. The summed E-state index contributed by atoms with van der Waals surface area (Å²) in [6, 6.07) is 0. The Morgan fingerprint density at radius 1 is 1.50 bits per heavy atom. The molecule has 1 heterocycles. The predicted molar refractivity (Wildman–Crippen MR) is 43.1 cm³/mol. The number of rotatable bonds is 0. The van der Waals surface area contributed by atoms with E-state index in [9.17, 15) is 4.79 Å². The van der Waals surface area contributed by atoms with Crippen molar-refractivity contribution >= 4 is 15.9 Å². The van der Waals surface area contributed by atoms with Crippen LogP contribution in [0.4, 0.5) is 0 Å². The van der Waals surface area contributed by atoms with Crippen LogP contribution in [0.2, 0.25) is 0 Å². The molecule has 0 aliphatic heterocycles. The second-order valence-corrected chi connectivity index (χ2v) is 2.94. The minimum Gasteiger partial charge on any atom is -0.320 e. The fourth-order valence-electron chi connectivity index (χ4n) is 0.680. The highest BCUT2D eigenvalue weighted by Gasteiger charge is 2.00.